The number of fused-ring (bicyclic) bond motifs is 1. The summed E-state index contributed by atoms with van der Waals surface area (Å²) in [5.74, 6) is 1.50. The van der Waals surface area contributed by atoms with E-state index in [0.29, 0.717) is 31.1 Å². The van der Waals surface area contributed by atoms with Crippen LogP contribution in [0.15, 0.2) is 47.4 Å². The maximum Gasteiger partial charge on any atom is 0.243 e. The molecule has 0 aromatic heterocycles. The van der Waals surface area contributed by atoms with Gasteiger partial charge in [-0.1, -0.05) is 12.1 Å². The summed E-state index contributed by atoms with van der Waals surface area (Å²) in [6, 6.07) is 12.9. The van der Waals surface area contributed by atoms with E-state index in [0.717, 1.165) is 22.7 Å². The van der Waals surface area contributed by atoms with E-state index in [4.69, 9.17) is 9.47 Å². The van der Waals surface area contributed by atoms with Gasteiger partial charge in [-0.2, -0.15) is 4.31 Å². The molecule has 132 valence electrons. The standard InChI is InChI=1S/C18H20N2O4S/c1-14-3-2-4-16(11-14)25(21,22)20-9-7-19(8-10-20)15-5-6-17-18(12-15)24-13-23-17/h2-6,11-12H,7-10,13H2,1H3. The van der Waals surface area contributed by atoms with Crippen LogP contribution in [0.4, 0.5) is 5.69 Å². The Balaban J connectivity index is 1.48. The van der Waals surface area contributed by atoms with Crippen LogP contribution in [0, 0.1) is 6.92 Å². The number of nitrogens with zero attached hydrogens (tertiary/aromatic N) is 2. The Morgan fingerprint density at radius 3 is 2.44 bits per heavy atom. The smallest absolute Gasteiger partial charge is 0.243 e. The number of rotatable bonds is 3. The molecule has 2 aliphatic heterocycles. The Bertz CT molecular complexity index is 890. The largest absolute Gasteiger partial charge is 0.454 e. The SMILES string of the molecule is Cc1cccc(S(=O)(=O)N2CCN(c3ccc4c(c3)OCO4)CC2)c1. The van der Waals surface area contributed by atoms with E-state index in [1.807, 2.05) is 31.2 Å². The van der Waals surface area contributed by atoms with Gasteiger partial charge in [0.15, 0.2) is 11.5 Å². The van der Waals surface area contributed by atoms with E-state index in [2.05, 4.69) is 4.90 Å². The fourth-order valence-corrected chi connectivity index (χ4v) is 4.72. The molecule has 2 heterocycles. The Kier molecular flexibility index (Phi) is 4.05. The van der Waals surface area contributed by atoms with Crippen molar-refractivity contribution in [2.45, 2.75) is 11.8 Å². The molecule has 6 nitrogen and oxygen atoms in total. The first kappa shape index (κ1) is 16.2. The number of aryl methyl sites for hydroxylation is 1. The van der Waals surface area contributed by atoms with Crippen LogP contribution in [0.5, 0.6) is 11.5 Å². The first-order chi connectivity index (χ1) is 12.0. The summed E-state index contributed by atoms with van der Waals surface area (Å²) in [5.41, 5.74) is 1.97. The van der Waals surface area contributed by atoms with Crippen molar-refractivity contribution in [2.24, 2.45) is 0 Å². The lowest BCUT2D eigenvalue weighted by atomic mass is 10.2. The highest BCUT2D eigenvalue weighted by Crippen LogP contribution is 2.35. The van der Waals surface area contributed by atoms with E-state index < -0.39 is 10.0 Å². The molecule has 0 unspecified atom stereocenters. The van der Waals surface area contributed by atoms with Crippen LogP contribution < -0.4 is 14.4 Å². The second-order valence-corrected chi connectivity index (χ2v) is 8.18. The Labute approximate surface area is 147 Å². The predicted molar refractivity (Wildman–Crippen MR) is 94.7 cm³/mol. The van der Waals surface area contributed by atoms with Crippen LogP contribution in [-0.2, 0) is 10.0 Å². The zero-order valence-electron chi connectivity index (χ0n) is 14.0. The minimum absolute atomic E-state index is 0.251. The summed E-state index contributed by atoms with van der Waals surface area (Å²) in [5, 5.41) is 0. The number of benzene rings is 2. The highest BCUT2D eigenvalue weighted by molar-refractivity contribution is 7.89. The fourth-order valence-electron chi connectivity index (χ4n) is 3.19. The van der Waals surface area contributed by atoms with Gasteiger partial charge in [-0.25, -0.2) is 8.42 Å². The summed E-state index contributed by atoms with van der Waals surface area (Å²) >= 11 is 0. The van der Waals surface area contributed by atoms with Gasteiger partial charge in [-0.3, -0.25) is 0 Å². The third-order valence-corrected chi connectivity index (χ3v) is 6.48. The maximum atomic E-state index is 12.8. The molecule has 0 bridgehead atoms. The zero-order chi connectivity index (χ0) is 17.4. The van der Waals surface area contributed by atoms with Gasteiger partial charge in [0.2, 0.25) is 16.8 Å². The second-order valence-electron chi connectivity index (χ2n) is 6.25. The molecular formula is C18H20N2O4S. The van der Waals surface area contributed by atoms with Crippen molar-refractivity contribution in [1.82, 2.24) is 4.31 Å². The lowest BCUT2D eigenvalue weighted by Crippen LogP contribution is -2.48. The third-order valence-electron chi connectivity index (χ3n) is 4.59. The molecule has 2 aliphatic rings. The van der Waals surface area contributed by atoms with Crippen LogP contribution in [-0.4, -0.2) is 45.7 Å². The van der Waals surface area contributed by atoms with Gasteiger partial charge >= 0.3 is 0 Å². The quantitative estimate of drug-likeness (QED) is 0.840. The van der Waals surface area contributed by atoms with Crippen molar-refractivity contribution in [3.05, 3.63) is 48.0 Å². The summed E-state index contributed by atoms with van der Waals surface area (Å²) in [6.07, 6.45) is 0. The summed E-state index contributed by atoms with van der Waals surface area (Å²) < 4.78 is 37.9. The van der Waals surface area contributed by atoms with Crippen molar-refractivity contribution in [1.29, 1.82) is 0 Å². The van der Waals surface area contributed by atoms with E-state index >= 15 is 0 Å². The van der Waals surface area contributed by atoms with Gasteiger partial charge in [-0.15, -0.1) is 0 Å². The molecule has 0 N–H and O–H groups in total. The molecule has 2 aromatic rings. The number of hydrogen-bond acceptors (Lipinski definition) is 5. The minimum Gasteiger partial charge on any atom is -0.454 e. The van der Waals surface area contributed by atoms with Crippen LogP contribution >= 0.6 is 0 Å². The molecule has 1 fully saturated rings. The average molecular weight is 360 g/mol. The van der Waals surface area contributed by atoms with Gasteiger partial charge < -0.3 is 14.4 Å². The van der Waals surface area contributed by atoms with Crippen molar-refractivity contribution in [3.8, 4) is 11.5 Å². The van der Waals surface area contributed by atoms with Gasteiger partial charge in [0.1, 0.15) is 0 Å². The lowest BCUT2D eigenvalue weighted by Gasteiger charge is -2.35. The lowest BCUT2D eigenvalue weighted by molar-refractivity contribution is 0.174. The molecular weight excluding hydrogens is 340 g/mol. The number of sulfonamides is 1. The molecule has 2 aromatic carbocycles. The monoisotopic (exact) mass is 360 g/mol. The van der Waals surface area contributed by atoms with E-state index in [-0.39, 0.29) is 6.79 Å². The fraction of sp³-hybridized carbons (Fsp3) is 0.333. The predicted octanol–water partition coefficient (Wildman–Crippen LogP) is 2.23. The minimum atomic E-state index is -3.44. The second kappa shape index (κ2) is 6.24. The highest BCUT2D eigenvalue weighted by Gasteiger charge is 2.29. The van der Waals surface area contributed by atoms with Crippen molar-refractivity contribution in [2.75, 3.05) is 37.9 Å². The summed E-state index contributed by atoms with van der Waals surface area (Å²) in [6.45, 7) is 4.36. The third kappa shape index (κ3) is 3.05. The highest BCUT2D eigenvalue weighted by atomic mass is 32.2. The first-order valence-electron chi connectivity index (χ1n) is 8.25. The molecule has 4 rings (SSSR count). The Hall–Kier alpha value is -2.25. The number of hydrogen-bond donors (Lipinski definition) is 0. The van der Waals surface area contributed by atoms with Gasteiger partial charge in [-0.05, 0) is 36.8 Å². The van der Waals surface area contributed by atoms with Crippen LogP contribution in [0.25, 0.3) is 0 Å². The molecule has 1 saturated heterocycles. The van der Waals surface area contributed by atoms with Crippen molar-refractivity contribution in [3.63, 3.8) is 0 Å². The van der Waals surface area contributed by atoms with Gasteiger partial charge in [0.25, 0.3) is 0 Å². The van der Waals surface area contributed by atoms with E-state index in [1.54, 1.807) is 22.5 Å². The van der Waals surface area contributed by atoms with Gasteiger partial charge in [0.05, 0.1) is 4.90 Å². The normalized spacial score (nSPS) is 17.7. The molecule has 0 aliphatic carbocycles. The zero-order valence-corrected chi connectivity index (χ0v) is 14.8. The van der Waals surface area contributed by atoms with Crippen LogP contribution in [0.2, 0.25) is 0 Å². The number of anilines is 1. The van der Waals surface area contributed by atoms with Crippen molar-refractivity contribution < 1.29 is 17.9 Å². The van der Waals surface area contributed by atoms with Gasteiger partial charge in [0, 0.05) is 37.9 Å². The van der Waals surface area contributed by atoms with Crippen molar-refractivity contribution >= 4 is 15.7 Å². The van der Waals surface area contributed by atoms with Crippen LogP contribution in [0.1, 0.15) is 5.56 Å². The molecule has 7 heteroatoms. The molecule has 0 atom stereocenters. The average Bonchev–Trinajstić information content (AvgIpc) is 3.09. The van der Waals surface area contributed by atoms with E-state index in [9.17, 15) is 8.42 Å². The topological polar surface area (TPSA) is 59.1 Å². The molecule has 0 spiro atoms. The summed E-state index contributed by atoms with van der Waals surface area (Å²) in [7, 11) is -3.44. The molecule has 0 amide bonds. The van der Waals surface area contributed by atoms with E-state index in [1.165, 1.54) is 0 Å². The molecule has 0 radical (unpaired) electrons. The maximum absolute atomic E-state index is 12.8. The summed E-state index contributed by atoms with van der Waals surface area (Å²) in [4.78, 5) is 2.54. The molecule has 25 heavy (non-hydrogen) atoms. The van der Waals surface area contributed by atoms with Crippen LogP contribution in [0.3, 0.4) is 0 Å². The number of piperazine rings is 1. The first-order valence-corrected chi connectivity index (χ1v) is 9.69. The molecule has 0 saturated carbocycles. The Morgan fingerprint density at radius 2 is 1.68 bits per heavy atom. The Morgan fingerprint density at radius 1 is 0.920 bits per heavy atom. The number of ether oxygens (including phenoxy) is 2.